The van der Waals surface area contributed by atoms with Crippen LogP contribution in [0.3, 0.4) is 0 Å². The predicted molar refractivity (Wildman–Crippen MR) is 82.1 cm³/mol. The van der Waals surface area contributed by atoms with Gasteiger partial charge in [0.15, 0.2) is 0 Å². The SMILES string of the molecule is CCNCC(C)C(C)N(CCN(C)C)CC(C)C. The molecule has 0 fully saturated rings. The van der Waals surface area contributed by atoms with Gasteiger partial charge < -0.3 is 10.2 Å². The van der Waals surface area contributed by atoms with Gasteiger partial charge in [-0.2, -0.15) is 0 Å². The van der Waals surface area contributed by atoms with E-state index in [1.165, 1.54) is 13.1 Å². The monoisotopic (exact) mass is 257 g/mol. The van der Waals surface area contributed by atoms with Crippen molar-refractivity contribution in [1.82, 2.24) is 15.1 Å². The zero-order valence-electron chi connectivity index (χ0n) is 13.7. The van der Waals surface area contributed by atoms with E-state index < -0.39 is 0 Å². The Morgan fingerprint density at radius 3 is 2.06 bits per heavy atom. The minimum Gasteiger partial charge on any atom is -0.317 e. The van der Waals surface area contributed by atoms with Gasteiger partial charge in [0.25, 0.3) is 0 Å². The van der Waals surface area contributed by atoms with Crippen molar-refractivity contribution in [1.29, 1.82) is 0 Å². The van der Waals surface area contributed by atoms with E-state index in [2.05, 4.69) is 63.8 Å². The van der Waals surface area contributed by atoms with Crippen LogP contribution in [0, 0.1) is 11.8 Å². The molecule has 0 aliphatic carbocycles. The molecule has 2 unspecified atom stereocenters. The molecule has 0 heterocycles. The van der Waals surface area contributed by atoms with E-state index in [-0.39, 0.29) is 0 Å². The maximum Gasteiger partial charge on any atom is 0.0112 e. The average Bonchev–Trinajstić information content (AvgIpc) is 2.29. The molecule has 2 atom stereocenters. The highest BCUT2D eigenvalue weighted by atomic mass is 15.2. The van der Waals surface area contributed by atoms with Crippen LogP contribution >= 0.6 is 0 Å². The van der Waals surface area contributed by atoms with Gasteiger partial charge >= 0.3 is 0 Å². The Balaban J connectivity index is 4.32. The highest BCUT2D eigenvalue weighted by molar-refractivity contribution is 4.76. The molecule has 0 aromatic heterocycles. The van der Waals surface area contributed by atoms with Crippen molar-refractivity contribution in [3.8, 4) is 0 Å². The van der Waals surface area contributed by atoms with Gasteiger partial charge in [-0.25, -0.2) is 0 Å². The number of hydrogen-bond donors (Lipinski definition) is 1. The predicted octanol–water partition coefficient (Wildman–Crippen LogP) is 2.14. The molecule has 0 aliphatic rings. The molecule has 0 bridgehead atoms. The van der Waals surface area contributed by atoms with Crippen molar-refractivity contribution in [2.75, 3.05) is 46.8 Å². The Morgan fingerprint density at radius 2 is 1.61 bits per heavy atom. The summed E-state index contributed by atoms with van der Waals surface area (Å²) in [7, 11) is 4.31. The molecule has 3 heteroatoms. The Bertz CT molecular complexity index is 192. The Kier molecular flexibility index (Phi) is 9.70. The molecule has 110 valence electrons. The lowest BCUT2D eigenvalue weighted by Crippen LogP contribution is -2.45. The minimum atomic E-state index is 0.645. The maximum atomic E-state index is 3.46. The maximum absolute atomic E-state index is 3.46. The third-order valence-corrected chi connectivity index (χ3v) is 3.55. The summed E-state index contributed by atoms with van der Waals surface area (Å²) in [6.45, 7) is 17.2. The quantitative estimate of drug-likeness (QED) is 0.647. The summed E-state index contributed by atoms with van der Waals surface area (Å²) < 4.78 is 0. The first kappa shape index (κ1) is 17.9. The first-order valence-electron chi connectivity index (χ1n) is 7.47. The van der Waals surface area contributed by atoms with Gasteiger partial charge in [0.05, 0.1) is 0 Å². The van der Waals surface area contributed by atoms with Gasteiger partial charge in [-0.15, -0.1) is 0 Å². The number of nitrogens with one attached hydrogen (secondary N) is 1. The fourth-order valence-corrected chi connectivity index (χ4v) is 2.16. The third-order valence-electron chi connectivity index (χ3n) is 3.55. The topological polar surface area (TPSA) is 18.5 Å². The lowest BCUT2D eigenvalue weighted by atomic mass is 10.0. The summed E-state index contributed by atoms with van der Waals surface area (Å²) in [4.78, 5) is 4.92. The van der Waals surface area contributed by atoms with Crippen molar-refractivity contribution in [2.45, 2.75) is 40.7 Å². The van der Waals surface area contributed by atoms with Gasteiger partial charge in [0.2, 0.25) is 0 Å². The van der Waals surface area contributed by atoms with Gasteiger partial charge in [0, 0.05) is 25.7 Å². The first-order valence-corrected chi connectivity index (χ1v) is 7.47. The molecule has 0 aliphatic heterocycles. The number of likely N-dealkylation sites (N-methyl/N-ethyl adjacent to an activating group) is 1. The Morgan fingerprint density at radius 1 is 1.00 bits per heavy atom. The van der Waals surface area contributed by atoms with E-state index in [1.807, 2.05) is 0 Å². The van der Waals surface area contributed by atoms with Crippen LogP contribution in [-0.2, 0) is 0 Å². The normalized spacial score (nSPS) is 15.7. The Hall–Kier alpha value is -0.120. The summed E-state index contributed by atoms with van der Waals surface area (Å²) >= 11 is 0. The largest absolute Gasteiger partial charge is 0.317 e. The van der Waals surface area contributed by atoms with Crippen LogP contribution in [0.5, 0.6) is 0 Å². The van der Waals surface area contributed by atoms with Gasteiger partial charge in [0.1, 0.15) is 0 Å². The zero-order chi connectivity index (χ0) is 14.1. The summed E-state index contributed by atoms with van der Waals surface area (Å²) in [5.41, 5.74) is 0. The molecule has 0 saturated carbocycles. The second-order valence-electron chi connectivity index (χ2n) is 6.22. The van der Waals surface area contributed by atoms with Crippen molar-refractivity contribution in [2.24, 2.45) is 11.8 Å². The number of hydrogen-bond acceptors (Lipinski definition) is 3. The summed E-state index contributed by atoms with van der Waals surface area (Å²) in [6.07, 6.45) is 0. The van der Waals surface area contributed by atoms with Crippen LogP contribution in [0.2, 0.25) is 0 Å². The van der Waals surface area contributed by atoms with Crippen LogP contribution < -0.4 is 5.32 Å². The standard InChI is InChI=1S/C15H35N3/c1-8-16-11-14(4)15(5)18(12-13(2)3)10-9-17(6)7/h13-16H,8-12H2,1-7H3. The van der Waals surface area contributed by atoms with E-state index in [1.54, 1.807) is 0 Å². The van der Waals surface area contributed by atoms with E-state index in [4.69, 9.17) is 0 Å². The highest BCUT2D eigenvalue weighted by Crippen LogP contribution is 2.12. The first-order chi connectivity index (χ1) is 8.38. The second kappa shape index (κ2) is 9.76. The lowest BCUT2D eigenvalue weighted by molar-refractivity contribution is 0.132. The van der Waals surface area contributed by atoms with Crippen LogP contribution in [0.1, 0.15) is 34.6 Å². The molecule has 0 amide bonds. The smallest absolute Gasteiger partial charge is 0.0112 e. The van der Waals surface area contributed by atoms with Crippen LogP contribution in [0.25, 0.3) is 0 Å². The molecule has 0 spiro atoms. The fraction of sp³-hybridized carbons (Fsp3) is 1.00. The molecule has 1 N–H and O–H groups in total. The van der Waals surface area contributed by atoms with Crippen molar-refractivity contribution >= 4 is 0 Å². The highest BCUT2D eigenvalue weighted by Gasteiger charge is 2.20. The van der Waals surface area contributed by atoms with Crippen LogP contribution in [0.4, 0.5) is 0 Å². The molecule has 0 aromatic rings. The average molecular weight is 257 g/mol. The van der Waals surface area contributed by atoms with Crippen LogP contribution in [0.15, 0.2) is 0 Å². The number of nitrogens with zero attached hydrogens (tertiary/aromatic N) is 2. The molecular formula is C15H35N3. The van der Waals surface area contributed by atoms with E-state index in [0.29, 0.717) is 12.0 Å². The van der Waals surface area contributed by atoms with Gasteiger partial charge in [-0.3, -0.25) is 4.90 Å². The summed E-state index contributed by atoms with van der Waals surface area (Å²) in [5.74, 6) is 1.44. The molecule has 0 saturated heterocycles. The molecule has 18 heavy (non-hydrogen) atoms. The van der Waals surface area contributed by atoms with Crippen molar-refractivity contribution < 1.29 is 0 Å². The molecular weight excluding hydrogens is 222 g/mol. The summed E-state index contributed by atoms with van der Waals surface area (Å²) in [6, 6.07) is 0.645. The Labute approximate surface area is 115 Å². The van der Waals surface area contributed by atoms with E-state index in [0.717, 1.165) is 25.6 Å². The lowest BCUT2D eigenvalue weighted by Gasteiger charge is -2.35. The van der Waals surface area contributed by atoms with Crippen LogP contribution in [-0.4, -0.2) is 62.7 Å². The zero-order valence-corrected chi connectivity index (χ0v) is 13.7. The summed E-state index contributed by atoms with van der Waals surface area (Å²) in [5, 5.41) is 3.46. The van der Waals surface area contributed by atoms with Crippen molar-refractivity contribution in [3.63, 3.8) is 0 Å². The third kappa shape index (κ3) is 8.06. The minimum absolute atomic E-state index is 0.645. The van der Waals surface area contributed by atoms with Crippen molar-refractivity contribution in [3.05, 3.63) is 0 Å². The van der Waals surface area contributed by atoms with E-state index >= 15 is 0 Å². The van der Waals surface area contributed by atoms with Gasteiger partial charge in [-0.1, -0.05) is 27.7 Å². The second-order valence-corrected chi connectivity index (χ2v) is 6.22. The fourth-order valence-electron chi connectivity index (χ4n) is 2.16. The van der Waals surface area contributed by atoms with Gasteiger partial charge in [-0.05, 0) is 45.9 Å². The molecule has 0 radical (unpaired) electrons. The number of rotatable bonds is 10. The molecule has 0 aromatic carbocycles. The molecule has 0 rings (SSSR count). The van der Waals surface area contributed by atoms with E-state index in [9.17, 15) is 0 Å². The molecule has 3 nitrogen and oxygen atoms in total.